The SMILES string of the molecule is Cc1ccc(CCC[C@H](CC(=O)N(C)O)CP(=O)(O)O)cc1. The van der Waals surface area contributed by atoms with Crippen molar-refractivity contribution in [2.75, 3.05) is 13.2 Å². The van der Waals surface area contributed by atoms with Crippen LogP contribution < -0.4 is 0 Å². The molecular weight excluding hydrogens is 305 g/mol. The van der Waals surface area contributed by atoms with E-state index in [-0.39, 0.29) is 12.6 Å². The standard InChI is InChI=1S/C15H24NO5P/c1-12-6-8-13(9-7-12)4-3-5-14(11-22(19,20)21)10-15(17)16(2)18/h6-9,14,18H,3-5,10-11H2,1-2H3,(H2,19,20,21)/t14-/m1/s1. The molecule has 0 aliphatic heterocycles. The van der Waals surface area contributed by atoms with Crippen LogP contribution in [0.25, 0.3) is 0 Å². The van der Waals surface area contributed by atoms with E-state index in [0.717, 1.165) is 18.4 Å². The monoisotopic (exact) mass is 329 g/mol. The normalized spacial score (nSPS) is 13.0. The average Bonchev–Trinajstić information content (AvgIpc) is 2.39. The molecular formula is C15H24NO5P. The molecule has 0 radical (unpaired) electrons. The van der Waals surface area contributed by atoms with Crippen LogP contribution in [0, 0.1) is 12.8 Å². The van der Waals surface area contributed by atoms with Gasteiger partial charge in [-0.1, -0.05) is 29.8 Å². The molecule has 6 nitrogen and oxygen atoms in total. The number of benzene rings is 1. The van der Waals surface area contributed by atoms with E-state index in [1.807, 2.05) is 31.2 Å². The van der Waals surface area contributed by atoms with Crippen LogP contribution in [0.15, 0.2) is 24.3 Å². The third-order valence-corrected chi connectivity index (χ3v) is 4.51. The maximum atomic E-state index is 11.5. The van der Waals surface area contributed by atoms with Crippen molar-refractivity contribution < 1.29 is 24.4 Å². The molecule has 0 bridgehead atoms. The molecule has 0 unspecified atom stereocenters. The predicted molar refractivity (Wildman–Crippen MR) is 83.7 cm³/mol. The Morgan fingerprint density at radius 1 is 1.27 bits per heavy atom. The Balaban J connectivity index is 2.54. The van der Waals surface area contributed by atoms with Gasteiger partial charge in [-0.15, -0.1) is 0 Å². The van der Waals surface area contributed by atoms with Crippen molar-refractivity contribution in [1.82, 2.24) is 5.06 Å². The summed E-state index contributed by atoms with van der Waals surface area (Å²) in [6, 6.07) is 8.10. The molecule has 0 aliphatic carbocycles. The second kappa shape index (κ2) is 8.44. The van der Waals surface area contributed by atoms with Gasteiger partial charge in [0.2, 0.25) is 5.91 Å². The van der Waals surface area contributed by atoms with Gasteiger partial charge in [0.05, 0.1) is 6.16 Å². The highest BCUT2D eigenvalue weighted by Gasteiger charge is 2.24. The minimum absolute atomic E-state index is 0.0635. The van der Waals surface area contributed by atoms with E-state index >= 15 is 0 Å². The minimum Gasteiger partial charge on any atom is -0.324 e. The van der Waals surface area contributed by atoms with Crippen LogP contribution in [0.5, 0.6) is 0 Å². The fourth-order valence-electron chi connectivity index (χ4n) is 2.32. The first-order chi connectivity index (χ1) is 10.2. The third kappa shape index (κ3) is 7.71. The van der Waals surface area contributed by atoms with E-state index in [9.17, 15) is 9.36 Å². The van der Waals surface area contributed by atoms with Gasteiger partial charge in [0.25, 0.3) is 0 Å². The van der Waals surface area contributed by atoms with Crippen molar-refractivity contribution in [1.29, 1.82) is 0 Å². The Hall–Kier alpha value is -1.20. The van der Waals surface area contributed by atoms with Gasteiger partial charge in [-0.3, -0.25) is 14.6 Å². The number of nitrogens with zero attached hydrogens (tertiary/aromatic N) is 1. The predicted octanol–water partition coefficient (Wildman–Crippen LogP) is 2.35. The summed E-state index contributed by atoms with van der Waals surface area (Å²) in [5.74, 6) is -0.970. The summed E-state index contributed by atoms with van der Waals surface area (Å²) in [5.41, 5.74) is 2.34. The van der Waals surface area contributed by atoms with Gasteiger partial charge in [0.15, 0.2) is 0 Å². The van der Waals surface area contributed by atoms with Gasteiger partial charge in [0.1, 0.15) is 0 Å². The van der Waals surface area contributed by atoms with Crippen molar-refractivity contribution in [2.24, 2.45) is 5.92 Å². The molecule has 7 heteroatoms. The maximum absolute atomic E-state index is 11.5. The summed E-state index contributed by atoms with van der Waals surface area (Å²) in [6.45, 7) is 2.01. The van der Waals surface area contributed by atoms with Crippen molar-refractivity contribution >= 4 is 13.5 Å². The summed E-state index contributed by atoms with van der Waals surface area (Å²) in [4.78, 5) is 29.8. The van der Waals surface area contributed by atoms with E-state index in [4.69, 9.17) is 15.0 Å². The summed E-state index contributed by atoms with van der Waals surface area (Å²) in [7, 11) is -2.97. The topological polar surface area (TPSA) is 98.1 Å². The fourth-order valence-corrected chi connectivity index (χ4v) is 3.31. The number of hydrogen-bond acceptors (Lipinski definition) is 3. The lowest BCUT2D eigenvalue weighted by Gasteiger charge is -2.18. The lowest BCUT2D eigenvalue weighted by molar-refractivity contribution is -0.160. The third-order valence-electron chi connectivity index (χ3n) is 3.52. The van der Waals surface area contributed by atoms with Crippen LogP contribution in [0.4, 0.5) is 0 Å². The zero-order valence-electron chi connectivity index (χ0n) is 13.0. The lowest BCUT2D eigenvalue weighted by atomic mass is 9.97. The van der Waals surface area contributed by atoms with Crippen LogP contribution in [0.2, 0.25) is 0 Å². The molecule has 124 valence electrons. The Morgan fingerprint density at radius 2 is 1.86 bits per heavy atom. The Morgan fingerprint density at radius 3 is 2.36 bits per heavy atom. The summed E-state index contributed by atoms with van der Waals surface area (Å²) in [6.07, 6.45) is 1.66. The van der Waals surface area contributed by atoms with Crippen LogP contribution in [0.1, 0.15) is 30.4 Å². The van der Waals surface area contributed by atoms with Crippen molar-refractivity contribution in [3.63, 3.8) is 0 Å². The maximum Gasteiger partial charge on any atom is 0.325 e. The van der Waals surface area contributed by atoms with E-state index < -0.39 is 19.4 Å². The summed E-state index contributed by atoms with van der Waals surface area (Å²) < 4.78 is 11.2. The molecule has 3 N–H and O–H groups in total. The minimum atomic E-state index is -4.18. The number of rotatable bonds is 8. The van der Waals surface area contributed by atoms with Crippen molar-refractivity contribution in [2.45, 2.75) is 32.6 Å². The van der Waals surface area contributed by atoms with E-state index in [2.05, 4.69) is 0 Å². The molecule has 22 heavy (non-hydrogen) atoms. The number of carbonyl (C=O) groups is 1. The van der Waals surface area contributed by atoms with Crippen LogP contribution in [0.3, 0.4) is 0 Å². The summed E-state index contributed by atoms with van der Waals surface area (Å²) >= 11 is 0. The first-order valence-corrected chi connectivity index (χ1v) is 9.02. The van der Waals surface area contributed by atoms with E-state index in [1.165, 1.54) is 12.6 Å². The van der Waals surface area contributed by atoms with Crippen LogP contribution in [-0.2, 0) is 15.8 Å². The quantitative estimate of drug-likeness (QED) is 0.386. The smallest absolute Gasteiger partial charge is 0.324 e. The zero-order chi connectivity index (χ0) is 16.8. The lowest BCUT2D eigenvalue weighted by Crippen LogP contribution is -2.26. The molecule has 0 saturated heterocycles. The molecule has 0 spiro atoms. The number of amides is 1. The molecule has 1 aromatic rings. The molecule has 0 aromatic heterocycles. The fraction of sp³-hybridized carbons (Fsp3) is 0.533. The Kier molecular flexibility index (Phi) is 7.23. The Bertz CT molecular complexity index is 523. The number of hydrogen-bond donors (Lipinski definition) is 3. The first-order valence-electron chi connectivity index (χ1n) is 7.23. The van der Waals surface area contributed by atoms with Gasteiger partial charge in [-0.05, 0) is 37.7 Å². The Labute approximate surface area is 130 Å². The molecule has 0 heterocycles. The highest BCUT2D eigenvalue weighted by Crippen LogP contribution is 2.39. The number of aryl methyl sites for hydroxylation is 2. The van der Waals surface area contributed by atoms with Gasteiger partial charge in [-0.2, -0.15) is 0 Å². The number of carbonyl (C=O) groups excluding carboxylic acids is 1. The van der Waals surface area contributed by atoms with Crippen molar-refractivity contribution in [3.8, 4) is 0 Å². The summed E-state index contributed by atoms with van der Waals surface area (Å²) in [5, 5.41) is 9.55. The molecule has 0 fully saturated rings. The molecule has 1 rings (SSSR count). The average molecular weight is 329 g/mol. The largest absolute Gasteiger partial charge is 0.325 e. The van der Waals surface area contributed by atoms with Crippen LogP contribution in [-0.4, -0.2) is 39.2 Å². The van der Waals surface area contributed by atoms with Gasteiger partial charge >= 0.3 is 7.60 Å². The number of hydroxylamine groups is 2. The van der Waals surface area contributed by atoms with Gasteiger partial charge in [0, 0.05) is 13.5 Å². The molecule has 1 atom stereocenters. The van der Waals surface area contributed by atoms with Gasteiger partial charge < -0.3 is 9.79 Å². The second-order valence-electron chi connectivity index (χ2n) is 5.71. The highest BCUT2D eigenvalue weighted by molar-refractivity contribution is 7.51. The van der Waals surface area contributed by atoms with Gasteiger partial charge in [-0.25, -0.2) is 5.06 Å². The molecule has 1 amide bonds. The zero-order valence-corrected chi connectivity index (χ0v) is 13.9. The molecule has 0 saturated carbocycles. The van der Waals surface area contributed by atoms with Crippen LogP contribution >= 0.6 is 7.60 Å². The van der Waals surface area contributed by atoms with E-state index in [0.29, 0.717) is 11.5 Å². The highest BCUT2D eigenvalue weighted by atomic mass is 31.2. The second-order valence-corrected chi connectivity index (χ2v) is 7.41. The molecule has 0 aliphatic rings. The molecule has 1 aromatic carbocycles. The van der Waals surface area contributed by atoms with Crippen molar-refractivity contribution in [3.05, 3.63) is 35.4 Å². The first kappa shape index (κ1) is 18.8. The van der Waals surface area contributed by atoms with E-state index in [1.54, 1.807) is 0 Å².